The molecule has 2 atom stereocenters. The molecule has 0 radical (unpaired) electrons. The first-order valence-electron chi connectivity index (χ1n) is 5.73. The van der Waals surface area contributed by atoms with Crippen molar-refractivity contribution >= 4 is 23.1 Å². The second kappa shape index (κ2) is 6.39. The second-order valence-corrected chi connectivity index (χ2v) is 5.36. The molecule has 100 valence electrons. The van der Waals surface area contributed by atoms with Gasteiger partial charge in [0.05, 0.1) is 5.92 Å². The molecular formula is C12H19N3O2S. The molecule has 2 unspecified atom stereocenters. The van der Waals surface area contributed by atoms with Crippen molar-refractivity contribution in [3.8, 4) is 0 Å². The van der Waals surface area contributed by atoms with Crippen LogP contribution >= 0.6 is 11.3 Å². The summed E-state index contributed by atoms with van der Waals surface area (Å²) in [6.07, 6.45) is 0.808. The van der Waals surface area contributed by atoms with Gasteiger partial charge in [-0.1, -0.05) is 11.2 Å². The van der Waals surface area contributed by atoms with E-state index in [1.807, 2.05) is 24.4 Å². The van der Waals surface area contributed by atoms with Crippen molar-refractivity contribution in [2.24, 2.45) is 16.8 Å². The number of nitrogens with two attached hydrogens (primary N) is 1. The van der Waals surface area contributed by atoms with Crippen molar-refractivity contribution in [2.45, 2.75) is 26.3 Å². The van der Waals surface area contributed by atoms with E-state index < -0.39 is 5.92 Å². The summed E-state index contributed by atoms with van der Waals surface area (Å²) in [6, 6.07) is 4.12. The Morgan fingerprint density at radius 3 is 2.78 bits per heavy atom. The van der Waals surface area contributed by atoms with Gasteiger partial charge in [0.25, 0.3) is 0 Å². The molecule has 0 aliphatic heterocycles. The topological polar surface area (TPSA) is 78.9 Å². The molecule has 1 amide bonds. The van der Waals surface area contributed by atoms with E-state index in [0.29, 0.717) is 0 Å². The zero-order valence-corrected chi connectivity index (χ0v) is 11.6. The molecule has 0 aromatic carbocycles. The summed E-state index contributed by atoms with van der Waals surface area (Å²) in [5.74, 6) is -0.810. The molecule has 5 nitrogen and oxygen atoms in total. The van der Waals surface area contributed by atoms with Gasteiger partial charge in [0, 0.05) is 24.4 Å². The van der Waals surface area contributed by atoms with Gasteiger partial charge in [0.2, 0.25) is 5.91 Å². The number of hydrogen-bond acceptors (Lipinski definition) is 4. The van der Waals surface area contributed by atoms with Gasteiger partial charge in [-0.2, -0.15) is 0 Å². The van der Waals surface area contributed by atoms with E-state index in [2.05, 4.69) is 5.16 Å². The maximum Gasteiger partial charge on any atom is 0.233 e. The number of rotatable bonds is 5. The summed E-state index contributed by atoms with van der Waals surface area (Å²) in [6.45, 7) is 3.61. The van der Waals surface area contributed by atoms with Gasteiger partial charge in [-0.15, -0.1) is 11.3 Å². The molecule has 18 heavy (non-hydrogen) atoms. The van der Waals surface area contributed by atoms with Crippen LogP contribution in [0.1, 0.15) is 18.7 Å². The quantitative estimate of drug-likeness (QED) is 0.368. The normalized spacial score (nSPS) is 15.2. The third-order valence-corrected chi connectivity index (χ3v) is 3.91. The summed E-state index contributed by atoms with van der Waals surface area (Å²) in [7, 11) is 1.74. The first kappa shape index (κ1) is 14.5. The molecule has 0 aliphatic rings. The largest absolute Gasteiger partial charge is 0.409 e. The third-order valence-electron chi connectivity index (χ3n) is 3.02. The molecule has 0 aliphatic carbocycles. The van der Waals surface area contributed by atoms with Gasteiger partial charge in [-0.3, -0.25) is 4.79 Å². The molecule has 1 aromatic rings. The van der Waals surface area contributed by atoms with Crippen LogP contribution in [0, 0.1) is 5.92 Å². The zero-order valence-electron chi connectivity index (χ0n) is 10.8. The number of carbonyl (C=O) groups excluding carboxylic acids is 1. The lowest BCUT2D eigenvalue weighted by Crippen LogP contribution is -2.43. The van der Waals surface area contributed by atoms with Crippen molar-refractivity contribution in [3.05, 3.63) is 22.4 Å². The Kier molecular flexibility index (Phi) is 5.15. The summed E-state index contributed by atoms with van der Waals surface area (Å²) in [5, 5.41) is 13.5. The molecular weight excluding hydrogens is 250 g/mol. The maximum atomic E-state index is 12.1. The van der Waals surface area contributed by atoms with Crippen LogP contribution in [-0.4, -0.2) is 34.9 Å². The van der Waals surface area contributed by atoms with Crippen LogP contribution in [0.25, 0.3) is 0 Å². The Bertz CT molecular complexity index is 417. The third kappa shape index (κ3) is 3.46. The highest BCUT2D eigenvalue weighted by atomic mass is 32.1. The molecule has 6 heteroatoms. The molecule has 0 saturated heterocycles. The SMILES string of the molecule is CC(C(=O)N(C)C(C)Cc1cccs1)C(N)=NO. The Labute approximate surface area is 111 Å². The number of carbonyl (C=O) groups is 1. The van der Waals surface area contributed by atoms with Crippen LogP contribution in [0.2, 0.25) is 0 Å². The molecule has 0 bridgehead atoms. The minimum Gasteiger partial charge on any atom is -0.409 e. The fourth-order valence-corrected chi connectivity index (χ4v) is 2.42. The van der Waals surface area contributed by atoms with Crippen LogP contribution in [-0.2, 0) is 11.2 Å². The molecule has 3 N–H and O–H groups in total. The van der Waals surface area contributed by atoms with Gasteiger partial charge in [0.15, 0.2) is 5.84 Å². The van der Waals surface area contributed by atoms with Crippen molar-refractivity contribution in [3.63, 3.8) is 0 Å². The Morgan fingerprint density at radius 2 is 2.28 bits per heavy atom. The molecule has 0 saturated carbocycles. The van der Waals surface area contributed by atoms with E-state index in [4.69, 9.17) is 10.9 Å². The van der Waals surface area contributed by atoms with Gasteiger partial charge in [0.1, 0.15) is 0 Å². The van der Waals surface area contributed by atoms with E-state index >= 15 is 0 Å². The molecule has 0 fully saturated rings. The lowest BCUT2D eigenvalue weighted by atomic mass is 10.1. The van der Waals surface area contributed by atoms with Crippen LogP contribution in [0.3, 0.4) is 0 Å². The Morgan fingerprint density at radius 1 is 1.61 bits per heavy atom. The number of hydrogen-bond donors (Lipinski definition) is 2. The summed E-state index contributed by atoms with van der Waals surface area (Å²) in [5.41, 5.74) is 5.45. The van der Waals surface area contributed by atoms with Crippen molar-refractivity contribution in [2.75, 3.05) is 7.05 Å². The number of nitrogens with zero attached hydrogens (tertiary/aromatic N) is 2. The number of amidine groups is 1. The predicted molar refractivity (Wildman–Crippen MR) is 72.8 cm³/mol. The fourth-order valence-electron chi connectivity index (χ4n) is 1.59. The van der Waals surface area contributed by atoms with E-state index in [-0.39, 0.29) is 17.8 Å². The highest BCUT2D eigenvalue weighted by molar-refractivity contribution is 7.09. The fraction of sp³-hybridized carbons (Fsp3) is 0.500. The van der Waals surface area contributed by atoms with Crippen LogP contribution in [0.15, 0.2) is 22.7 Å². The Hall–Kier alpha value is -1.56. The predicted octanol–water partition coefficient (Wildman–Crippen LogP) is 1.52. The number of amides is 1. The highest BCUT2D eigenvalue weighted by Gasteiger charge is 2.24. The van der Waals surface area contributed by atoms with Gasteiger partial charge in [-0.05, 0) is 25.3 Å². The zero-order chi connectivity index (χ0) is 13.7. The second-order valence-electron chi connectivity index (χ2n) is 4.33. The highest BCUT2D eigenvalue weighted by Crippen LogP contribution is 2.15. The lowest BCUT2D eigenvalue weighted by Gasteiger charge is -2.27. The minimum atomic E-state index is -0.606. The van der Waals surface area contributed by atoms with E-state index in [9.17, 15) is 4.79 Å². The average Bonchev–Trinajstić information content (AvgIpc) is 2.87. The van der Waals surface area contributed by atoms with Crippen LogP contribution in [0.5, 0.6) is 0 Å². The first-order valence-corrected chi connectivity index (χ1v) is 6.61. The van der Waals surface area contributed by atoms with Gasteiger partial charge < -0.3 is 15.8 Å². The maximum absolute atomic E-state index is 12.1. The van der Waals surface area contributed by atoms with E-state index in [1.54, 1.807) is 30.2 Å². The van der Waals surface area contributed by atoms with E-state index in [0.717, 1.165) is 6.42 Å². The van der Waals surface area contributed by atoms with Gasteiger partial charge in [-0.25, -0.2) is 0 Å². The summed E-state index contributed by atoms with van der Waals surface area (Å²) >= 11 is 1.67. The van der Waals surface area contributed by atoms with Crippen molar-refractivity contribution < 1.29 is 10.0 Å². The van der Waals surface area contributed by atoms with E-state index in [1.165, 1.54) is 4.88 Å². The minimum absolute atomic E-state index is 0.0600. The monoisotopic (exact) mass is 269 g/mol. The summed E-state index contributed by atoms with van der Waals surface area (Å²) < 4.78 is 0. The smallest absolute Gasteiger partial charge is 0.233 e. The number of thiophene rings is 1. The number of likely N-dealkylation sites (N-methyl/N-ethyl adjacent to an activating group) is 1. The van der Waals surface area contributed by atoms with Crippen molar-refractivity contribution in [1.82, 2.24) is 4.90 Å². The van der Waals surface area contributed by atoms with Crippen LogP contribution < -0.4 is 5.73 Å². The van der Waals surface area contributed by atoms with Crippen molar-refractivity contribution in [1.29, 1.82) is 0 Å². The van der Waals surface area contributed by atoms with Crippen LogP contribution in [0.4, 0.5) is 0 Å². The molecule has 1 rings (SSSR count). The molecule has 1 aromatic heterocycles. The standard InChI is InChI=1S/C12H19N3O2S/c1-8(7-10-5-4-6-18-10)15(3)12(16)9(2)11(13)14-17/h4-6,8-9,17H,7H2,1-3H3,(H2,13,14). The average molecular weight is 269 g/mol. The molecule has 1 heterocycles. The summed E-state index contributed by atoms with van der Waals surface area (Å²) in [4.78, 5) is 14.9. The lowest BCUT2D eigenvalue weighted by molar-refractivity contribution is -0.133. The first-order chi connectivity index (χ1) is 8.47. The molecule has 0 spiro atoms. The number of oxime groups is 1. The van der Waals surface area contributed by atoms with Gasteiger partial charge >= 0.3 is 0 Å². The Balaban J connectivity index is 2.63.